The summed E-state index contributed by atoms with van der Waals surface area (Å²) in [5.41, 5.74) is 1.91. The lowest BCUT2D eigenvalue weighted by atomic mass is 10.0. The van der Waals surface area contributed by atoms with Gasteiger partial charge in [0.2, 0.25) is 0 Å². The van der Waals surface area contributed by atoms with Crippen LogP contribution in [-0.4, -0.2) is 12.5 Å². The van der Waals surface area contributed by atoms with Crippen LogP contribution in [0, 0.1) is 5.82 Å². The van der Waals surface area contributed by atoms with E-state index in [9.17, 15) is 9.18 Å². The van der Waals surface area contributed by atoms with Gasteiger partial charge in [-0.05, 0) is 41.3 Å². The lowest BCUT2D eigenvalue weighted by Crippen LogP contribution is -2.87. The predicted octanol–water partition coefficient (Wildman–Crippen LogP) is 4.04. The highest BCUT2D eigenvalue weighted by Crippen LogP contribution is 2.26. The molecule has 4 aromatic rings. The Morgan fingerprint density at radius 1 is 0.967 bits per heavy atom. The van der Waals surface area contributed by atoms with Crippen molar-refractivity contribution in [2.45, 2.75) is 12.1 Å². The van der Waals surface area contributed by atoms with Crippen LogP contribution in [0.5, 0.6) is 0 Å². The van der Waals surface area contributed by atoms with Crippen molar-refractivity contribution in [1.82, 2.24) is 5.32 Å². The van der Waals surface area contributed by atoms with Crippen LogP contribution in [0.2, 0.25) is 0 Å². The number of quaternary nitrogens is 1. The largest absolute Gasteiger partial charge is 0.463 e. The molecule has 0 bridgehead atoms. The number of halogens is 1. The molecule has 2 aromatic heterocycles. The minimum absolute atomic E-state index is 0.106. The molecule has 3 N–H and O–H groups in total. The summed E-state index contributed by atoms with van der Waals surface area (Å²) in [6, 6.07) is 23.4. The number of amides is 1. The fourth-order valence-corrected chi connectivity index (χ4v) is 4.22. The Kier molecular flexibility index (Phi) is 6.37. The predicted molar refractivity (Wildman–Crippen MR) is 114 cm³/mol. The summed E-state index contributed by atoms with van der Waals surface area (Å²) in [6.07, 6.45) is 1.64. The SMILES string of the molecule is O=C(C[NH2+][C@H](c1ccccc1)c1ccco1)N[C@H](c1ccc(F)cc1)c1cccs1. The lowest BCUT2D eigenvalue weighted by Gasteiger charge is -2.19. The molecule has 2 aromatic carbocycles. The van der Waals surface area contributed by atoms with E-state index in [1.54, 1.807) is 29.7 Å². The van der Waals surface area contributed by atoms with Crippen molar-refractivity contribution in [2.24, 2.45) is 0 Å². The maximum absolute atomic E-state index is 13.4. The first-order chi connectivity index (χ1) is 14.7. The van der Waals surface area contributed by atoms with Gasteiger partial charge in [-0.2, -0.15) is 0 Å². The lowest BCUT2D eigenvalue weighted by molar-refractivity contribution is -0.678. The molecule has 4 nitrogen and oxygen atoms in total. The monoisotopic (exact) mass is 421 g/mol. The van der Waals surface area contributed by atoms with Crippen LogP contribution in [0.25, 0.3) is 0 Å². The number of carbonyl (C=O) groups is 1. The smallest absolute Gasteiger partial charge is 0.275 e. The minimum atomic E-state index is -0.315. The van der Waals surface area contributed by atoms with Crippen molar-refractivity contribution in [1.29, 1.82) is 0 Å². The highest BCUT2D eigenvalue weighted by molar-refractivity contribution is 7.10. The summed E-state index contributed by atoms with van der Waals surface area (Å²) in [7, 11) is 0. The van der Waals surface area contributed by atoms with Crippen molar-refractivity contribution in [3.63, 3.8) is 0 Å². The average Bonchev–Trinajstić information content (AvgIpc) is 3.48. The van der Waals surface area contributed by atoms with Crippen LogP contribution in [0.15, 0.2) is 94.9 Å². The molecule has 2 heterocycles. The summed E-state index contributed by atoms with van der Waals surface area (Å²) >= 11 is 1.56. The normalized spacial score (nSPS) is 13.0. The zero-order valence-corrected chi connectivity index (χ0v) is 17.0. The van der Waals surface area contributed by atoms with Crippen LogP contribution < -0.4 is 10.6 Å². The molecule has 30 heavy (non-hydrogen) atoms. The molecule has 0 fully saturated rings. The van der Waals surface area contributed by atoms with E-state index < -0.39 is 0 Å². The van der Waals surface area contributed by atoms with Gasteiger partial charge in [0.1, 0.15) is 5.82 Å². The molecule has 4 rings (SSSR count). The molecular weight excluding hydrogens is 399 g/mol. The first kappa shape index (κ1) is 20.1. The summed E-state index contributed by atoms with van der Waals surface area (Å²) in [6.45, 7) is 0.226. The average molecular weight is 422 g/mol. The number of hydrogen-bond donors (Lipinski definition) is 2. The van der Waals surface area contributed by atoms with E-state index in [4.69, 9.17) is 4.42 Å². The number of furan rings is 1. The van der Waals surface area contributed by atoms with Gasteiger partial charge in [0.15, 0.2) is 18.3 Å². The van der Waals surface area contributed by atoms with Gasteiger partial charge in [-0.3, -0.25) is 4.79 Å². The zero-order valence-electron chi connectivity index (χ0n) is 16.2. The fourth-order valence-electron chi connectivity index (χ4n) is 3.42. The highest BCUT2D eigenvalue weighted by Gasteiger charge is 2.23. The number of nitrogens with two attached hydrogens (primary N) is 1. The maximum atomic E-state index is 13.4. The van der Waals surface area contributed by atoms with Crippen LogP contribution in [0.3, 0.4) is 0 Å². The zero-order chi connectivity index (χ0) is 20.8. The van der Waals surface area contributed by atoms with Crippen molar-refractivity contribution in [3.05, 3.63) is 118 Å². The van der Waals surface area contributed by atoms with Gasteiger partial charge in [0.25, 0.3) is 5.91 Å². The Bertz CT molecular complexity index is 1050. The van der Waals surface area contributed by atoms with E-state index in [1.807, 2.05) is 65.3 Å². The summed E-state index contributed by atoms with van der Waals surface area (Å²) in [5.74, 6) is 0.389. The van der Waals surface area contributed by atoms with Crippen molar-refractivity contribution in [3.8, 4) is 0 Å². The first-order valence-corrected chi connectivity index (χ1v) is 10.6. The van der Waals surface area contributed by atoms with Crippen LogP contribution >= 0.6 is 11.3 Å². The number of benzene rings is 2. The molecule has 0 radical (unpaired) electrons. The molecular formula is C24H22FN2O2S+. The van der Waals surface area contributed by atoms with Crippen LogP contribution in [0.1, 0.15) is 33.8 Å². The fraction of sp³-hybridized carbons (Fsp3) is 0.125. The van der Waals surface area contributed by atoms with E-state index in [2.05, 4.69) is 5.32 Å². The van der Waals surface area contributed by atoms with E-state index >= 15 is 0 Å². The van der Waals surface area contributed by atoms with Gasteiger partial charge in [-0.15, -0.1) is 11.3 Å². The van der Waals surface area contributed by atoms with Gasteiger partial charge in [0, 0.05) is 10.4 Å². The van der Waals surface area contributed by atoms with Crippen molar-refractivity contribution < 1.29 is 18.9 Å². The Morgan fingerprint density at radius 3 is 2.43 bits per heavy atom. The van der Waals surface area contributed by atoms with Gasteiger partial charge in [0.05, 0.1) is 12.3 Å². The third-order valence-electron chi connectivity index (χ3n) is 4.88. The first-order valence-electron chi connectivity index (χ1n) is 9.70. The number of hydrogen-bond acceptors (Lipinski definition) is 3. The standard InChI is InChI=1S/C24H21FN2O2S/c25-19-12-10-18(11-13-19)24(21-9-5-15-30-21)27-22(28)16-26-23(20-8-4-14-29-20)17-6-2-1-3-7-17/h1-15,23-24,26H,16H2,(H,27,28)/p+1/t23-,24-/m1/s1. The van der Waals surface area contributed by atoms with Crippen LogP contribution in [0.4, 0.5) is 4.39 Å². The van der Waals surface area contributed by atoms with Crippen molar-refractivity contribution in [2.75, 3.05) is 6.54 Å². The second-order valence-electron chi connectivity index (χ2n) is 6.91. The quantitative estimate of drug-likeness (QED) is 0.451. The number of carbonyl (C=O) groups excluding carboxylic acids is 1. The van der Waals surface area contributed by atoms with E-state index in [0.717, 1.165) is 21.8 Å². The number of thiophene rings is 1. The molecule has 0 aliphatic carbocycles. The van der Waals surface area contributed by atoms with Gasteiger partial charge in [-0.1, -0.05) is 48.5 Å². The van der Waals surface area contributed by atoms with Gasteiger partial charge >= 0.3 is 0 Å². The van der Waals surface area contributed by atoms with E-state index in [1.165, 1.54) is 12.1 Å². The number of rotatable bonds is 8. The highest BCUT2D eigenvalue weighted by atomic mass is 32.1. The molecule has 152 valence electrons. The van der Waals surface area contributed by atoms with E-state index in [-0.39, 0.29) is 30.4 Å². The van der Waals surface area contributed by atoms with E-state index in [0.29, 0.717) is 0 Å². The molecule has 0 saturated carbocycles. The molecule has 0 aliphatic heterocycles. The summed E-state index contributed by atoms with van der Waals surface area (Å²) in [5, 5.41) is 7.02. The summed E-state index contributed by atoms with van der Waals surface area (Å²) < 4.78 is 19.0. The topological polar surface area (TPSA) is 58.9 Å². The third kappa shape index (κ3) is 4.84. The van der Waals surface area contributed by atoms with Crippen molar-refractivity contribution >= 4 is 17.2 Å². The molecule has 1 amide bonds. The second-order valence-corrected chi connectivity index (χ2v) is 7.89. The third-order valence-corrected chi connectivity index (χ3v) is 5.82. The molecule has 0 aliphatic rings. The molecule has 0 spiro atoms. The molecule has 0 unspecified atom stereocenters. The molecule has 2 atom stereocenters. The molecule has 0 saturated heterocycles. The van der Waals surface area contributed by atoms with Crippen LogP contribution in [-0.2, 0) is 4.79 Å². The Labute approximate surface area is 178 Å². The Morgan fingerprint density at radius 2 is 1.77 bits per heavy atom. The Balaban J connectivity index is 1.48. The summed E-state index contributed by atoms with van der Waals surface area (Å²) in [4.78, 5) is 13.9. The molecule has 6 heteroatoms. The Hall–Kier alpha value is -3.22. The number of nitrogens with one attached hydrogen (secondary N) is 1. The minimum Gasteiger partial charge on any atom is -0.463 e. The second kappa shape index (κ2) is 9.52. The van der Waals surface area contributed by atoms with Gasteiger partial charge in [-0.25, -0.2) is 4.39 Å². The van der Waals surface area contributed by atoms with Gasteiger partial charge < -0.3 is 15.1 Å². The maximum Gasteiger partial charge on any atom is 0.275 e.